The van der Waals surface area contributed by atoms with Crippen molar-refractivity contribution < 1.29 is 9.53 Å². The number of amides is 1. The molecule has 2 rings (SSSR count). The van der Waals surface area contributed by atoms with Gasteiger partial charge >= 0.3 is 0 Å². The number of carbonyl (C=O) groups excluding carboxylic acids is 1. The van der Waals surface area contributed by atoms with Crippen molar-refractivity contribution >= 4 is 5.91 Å². The van der Waals surface area contributed by atoms with Crippen LogP contribution in [0.2, 0.25) is 0 Å². The number of carbonyl (C=O) groups is 1. The zero-order chi connectivity index (χ0) is 13.9. The van der Waals surface area contributed by atoms with E-state index >= 15 is 0 Å². The molecule has 2 aliphatic rings. The zero-order valence-electron chi connectivity index (χ0n) is 12.6. The first-order valence-electron chi connectivity index (χ1n) is 7.75. The van der Waals surface area contributed by atoms with Gasteiger partial charge < -0.3 is 9.64 Å². The number of hydrogen-bond acceptors (Lipinski definition) is 3. The van der Waals surface area contributed by atoms with Crippen LogP contribution in [0.1, 0.15) is 52.9 Å². The van der Waals surface area contributed by atoms with Crippen LogP contribution in [-0.2, 0) is 9.53 Å². The van der Waals surface area contributed by atoms with E-state index in [0.29, 0.717) is 18.4 Å². The molecule has 1 saturated heterocycles. The highest BCUT2D eigenvalue weighted by molar-refractivity contribution is 5.89. The molecular formula is C15H28N2O2. The lowest BCUT2D eigenvalue weighted by atomic mass is 9.98. The van der Waals surface area contributed by atoms with Gasteiger partial charge in [-0.25, -0.2) is 0 Å². The topological polar surface area (TPSA) is 41.6 Å². The van der Waals surface area contributed by atoms with E-state index in [4.69, 9.17) is 4.74 Å². The third kappa shape index (κ3) is 3.11. The summed E-state index contributed by atoms with van der Waals surface area (Å²) < 4.78 is 5.63. The van der Waals surface area contributed by atoms with Gasteiger partial charge in [-0.05, 0) is 25.2 Å². The summed E-state index contributed by atoms with van der Waals surface area (Å²) in [4.78, 5) is 14.6. The highest BCUT2D eigenvalue weighted by Crippen LogP contribution is 2.36. The molecule has 2 fully saturated rings. The van der Waals surface area contributed by atoms with Crippen molar-refractivity contribution in [1.29, 1.82) is 0 Å². The number of hydrogen-bond donors (Lipinski definition) is 1. The summed E-state index contributed by atoms with van der Waals surface area (Å²) in [5.41, 5.74) is -0.237. The molecule has 1 spiro atoms. The van der Waals surface area contributed by atoms with Crippen LogP contribution in [0.5, 0.6) is 0 Å². The highest BCUT2D eigenvalue weighted by atomic mass is 16.5. The second kappa shape index (κ2) is 6.23. The van der Waals surface area contributed by atoms with E-state index in [9.17, 15) is 4.79 Å². The summed E-state index contributed by atoms with van der Waals surface area (Å²) in [5, 5.41) is 3.59. The van der Waals surface area contributed by atoms with Gasteiger partial charge in [0.15, 0.2) is 0 Å². The minimum absolute atomic E-state index is 0.202. The molecule has 1 atom stereocenters. The van der Waals surface area contributed by atoms with Gasteiger partial charge in [0.1, 0.15) is 0 Å². The molecule has 1 aliphatic heterocycles. The van der Waals surface area contributed by atoms with Gasteiger partial charge in [-0.2, -0.15) is 0 Å². The summed E-state index contributed by atoms with van der Waals surface area (Å²) in [7, 11) is 0. The zero-order valence-corrected chi connectivity index (χ0v) is 12.6. The van der Waals surface area contributed by atoms with Crippen molar-refractivity contribution in [2.24, 2.45) is 5.92 Å². The molecule has 0 aromatic carbocycles. The van der Waals surface area contributed by atoms with Gasteiger partial charge in [-0.3, -0.25) is 10.1 Å². The third-order valence-corrected chi connectivity index (χ3v) is 4.26. The summed E-state index contributed by atoms with van der Waals surface area (Å²) >= 11 is 0. The summed E-state index contributed by atoms with van der Waals surface area (Å²) in [6, 6.07) is 0. The molecule has 110 valence electrons. The summed E-state index contributed by atoms with van der Waals surface area (Å²) in [6.45, 7) is 8.57. The lowest BCUT2D eigenvalue weighted by Crippen LogP contribution is -2.44. The molecule has 1 N–H and O–H groups in total. The number of rotatable bonds is 6. The van der Waals surface area contributed by atoms with Crippen LogP contribution in [0.4, 0.5) is 0 Å². The second-order valence-electron chi connectivity index (χ2n) is 6.32. The third-order valence-electron chi connectivity index (χ3n) is 4.26. The first-order chi connectivity index (χ1) is 9.09. The number of ether oxygens (including phenoxy) is 1. The lowest BCUT2D eigenvalue weighted by molar-refractivity contribution is -0.133. The van der Waals surface area contributed by atoms with E-state index in [-0.39, 0.29) is 11.7 Å². The first kappa shape index (κ1) is 14.8. The molecule has 1 heterocycles. The predicted molar refractivity (Wildman–Crippen MR) is 75.8 cm³/mol. The van der Waals surface area contributed by atoms with Crippen LogP contribution in [0.3, 0.4) is 0 Å². The van der Waals surface area contributed by atoms with E-state index in [1.165, 1.54) is 12.8 Å². The van der Waals surface area contributed by atoms with Crippen molar-refractivity contribution in [1.82, 2.24) is 10.2 Å². The van der Waals surface area contributed by atoms with E-state index in [0.717, 1.165) is 32.4 Å². The Kier molecular flexibility index (Phi) is 4.85. The maximum atomic E-state index is 12.6. The molecule has 1 saturated carbocycles. The summed E-state index contributed by atoms with van der Waals surface area (Å²) in [6.07, 6.45) is 5.53. The first-order valence-corrected chi connectivity index (χ1v) is 7.75. The Balaban J connectivity index is 1.89. The normalized spacial score (nSPS) is 26.0. The molecule has 0 radical (unpaired) electrons. The van der Waals surface area contributed by atoms with Crippen molar-refractivity contribution in [3.8, 4) is 0 Å². The molecule has 1 unspecified atom stereocenters. The Morgan fingerprint density at radius 3 is 2.68 bits per heavy atom. The van der Waals surface area contributed by atoms with E-state index < -0.39 is 0 Å². The van der Waals surface area contributed by atoms with Gasteiger partial charge in [0.25, 0.3) is 0 Å². The van der Waals surface area contributed by atoms with Crippen LogP contribution in [0, 0.1) is 5.92 Å². The van der Waals surface area contributed by atoms with Crippen molar-refractivity contribution in [3.05, 3.63) is 0 Å². The Labute approximate surface area is 116 Å². The fraction of sp³-hybridized carbons (Fsp3) is 0.933. The standard InChI is InChI=1S/C15H28N2O2/c1-4-13-16-15(7-5-6-8-15)14(18)17(13)9-10-19-11-12(2)3/h12-13,16H,4-11H2,1-3H3. The van der Waals surface area contributed by atoms with Crippen LogP contribution in [-0.4, -0.2) is 42.3 Å². The summed E-state index contributed by atoms with van der Waals surface area (Å²) in [5.74, 6) is 0.862. The smallest absolute Gasteiger partial charge is 0.244 e. The molecule has 0 aromatic heterocycles. The second-order valence-corrected chi connectivity index (χ2v) is 6.32. The highest BCUT2D eigenvalue weighted by Gasteiger charge is 2.51. The number of nitrogens with one attached hydrogen (secondary N) is 1. The Morgan fingerprint density at radius 1 is 1.42 bits per heavy atom. The lowest BCUT2D eigenvalue weighted by Gasteiger charge is -2.23. The Bertz CT molecular complexity index is 311. The van der Waals surface area contributed by atoms with E-state index in [2.05, 4.69) is 26.1 Å². The van der Waals surface area contributed by atoms with Gasteiger partial charge in [-0.1, -0.05) is 33.6 Å². The van der Waals surface area contributed by atoms with E-state index in [1.807, 2.05) is 4.90 Å². The molecule has 19 heavy (non-hydrogen) atoms. The Morgan fingerprint density at radius 2 is 2.11 bits per heavy atom. The van der Waals surface area contributed by atoms with Crippen LogP contribution >= 0.6 is 0 Å². The molecule has 4 nitrogen and oxygen atoms in total. The molecular weight excluding hydrogens is 240 g/mol. The fourth-order valence-electron chi connectivity index (χ4n) is 3.27. The van der Waals surface area contributed by atoms with Crippen LogP contribution in [0.15, 0.2) is 0 Å². The average molecular weight is 268 g/mol. The van der Waals surface area contributed by atoms with Crippen LogP contribution in [0.25, 0.3) is 0 Å². The van der Waals surface area contributed by atoms with E-state index in [1.54, 1.807) is 0 Å². The van der Waals surface area contributed by atoms with Crippen LogP contribution < -0.4 is 5.32 Å². The minimum Gasteiger partial charge on any atom is -0.379 e. The largest absolute Gasteiger partial charge is 0.379 e. The molecule has 4 heteroatoms. The van der Waals surface area contributed by atoms with Crippen molar-refractivity contribution in [2.45, 2.75) is 64.6 Å². The average Bonchev–Trinajstić information content (AvgIpc) is 2.94. The van der Waals surface area contributed by atoms with Gasteiger partial charge in [0, 0.05) is 13.2 Å². The van der Waals surface area contributed by atoms with Gasteiger partial charge in [-0.15, -0.1) is 0 Å². The monoisotopic (exact) mass is 268 g/mol. The molecule has 0 aromatic rings. The number of nitrogens with zero attached hydrogens (tertiary/aromatic N) is 1. The minimum atomic E-state index is -0.237. The molecule has 1 amide bonds. The Hall–Kier alpha value is -0.610. The van der Waals surface area contributed by atoms with Crippen molar-refractivity contribution in [3.63, 3.8) is 0 Å². The SMILES string of the molecule is CCC1NC2(CCCC2)C(=O)N1CCOCC(C)C. The van der Waals surface area contributed by atoms with Crippen molar-refractivity contribution in [2.75, 3.05) is 19.8 Å². The van der Waals surface area contributed by atoms with Gasteiger partial charge in [0.2, 0.25) is 5.91 Å². The van der Waals surface area contributed by atoms with Gasteiger partial charge in [0.05, 0.1) is 18.3 Å². The molecule has 1 aliphatic carbocycles. The maximum absolute atomic E-state index is 12.6. The quantitative estimate of drug-likeness (QED) is 0.750. The fourth-order valence-corrected chi connectivity index (χ4v) is 3.27. The maximum Gasteiger partial charge on any atom is 0.244 e. The predicted octanol–water partition coefficient (Wildman–Crippen LogP) is 2.14. The molecule has 0 bridgehead atoms.